The second-order valence-corrected chi connectivity index (χ2v) is 10.1. The van der Waals surface area contributed by atoms with Crippen LogP contribution < -0.4 is 0 Å². The Bertz CT molecular complexity index is 1250. The van der Waals surface area contributed by atoms with Crippen LogP contribution in [0.4, 0.5) is 0 Å². The van der Waals surface area contributed by atoms with Crippen molar-refractivity contribution in [2.24, 2.45) is 0 Å². The van der Waals surface area contributed by atoms with Gasteiger partial charge in [-0.25, -0.2) is 4.98 Å². The Labute approximate surface area is 187 Å². The Balaban J connectivity index is 2.06. The fourth-order valence-electron chi connectivity index (χ4n) is 5.07. The average molecular weight is 410 g/mol. The molecule has 0 saturated heterocycles. The highest BCUT2D eigenvalue weighted by molar-refractivity contribution is 5.93. The van der Waals surface area contributed by atoms with E-state index in [1.54, 1.807) is 0 Å². The van der Waals surface area contributed by atoms with Crippen LogP contribution in [0, 0.1) is 13.8 Å². The fourth-order valence-corrected chi connectivity index (χ4v) is 5.07. The first-order valence-corrected chi connectivity index (χ1v) is 11.7. The molecule has 1 aromatic heterocycles. The van der Waals surface area contributed by atoms with E-state index in [4.69, 9.17) is 4.98 Å². The standard InChI is InChI=1S/C30H35N/c1-8-21(9-2)25-18-27(31-28-15-19(3)14-20(4)29(25)28)23-16-22-12-10-11-13-24(22)26(17-23)30(5,6)7/h10-18,21H,8-9H2,1-7H3. The van der Waals surface area contributed by atoms with E-state index in [0.717, 1.165) is 24.1 Å². The molecule has 31 heavy (non-hydrogen) atoms. The Morgan fingerprint density at radius 3 is 2.26 bits per heavy atom. The molecule has 0 fully saturated rings. The predicted octanol–water partition coefficient (Wildman–Crippen LogP) is 8.87. The summed E-state index contributed by atoms with van der Waals surface area (Å²) in [6, 6.07) is 20.4. The number of hydrogen-bond donors (Lipinski definition) is 0. The SMILES string of the molecule is CCC(CC)c1cc(-c2cc(C(C)(C)C)c3ccccc3c2)nc2cc(C)cc(C)c12. The van der Waals surface area contributed by atoms with Crippen molar-refractivity contribution in [1.82, 2.24) is 4.98 Å². The number of fused-ring (bicyclic) bond motifs is 2. The highest BCUT2D eigenvalue weighted by atomic mass is 14.7. The summed E-state index contributed by atoms with van der Waals surface area (Å²) in [5.41, 5.74) is 8.96. The Morgan fingerprint density at radius 2 is 1.58 bits per heavy atom. The molecule has 0 radical (unpaired) electrons. The molecule has 1 heteroatoms. The second kappa shape index (κ2) is 8.11. The summed E-state index contributed by atoms with van der Waals surface area (Å²) in [7, 11) is 0. The second-order valence-electron chi connectivity index (χ2n) is 10.1. The molecule has 0 amide bonds. The lowest BCUT2D eigenvalue weighted by molar-refractivity contribution is 0.596. The molecule has 0 aliphatic carbocycles. The van der Waals surface area contributed by atoms with Crippen LogP contribution in [-0.2, 0) is 5.41 Å². The number of benzene rings is 3. The molecule has 0 unspecified atom stereocenters. The monoisotopic (exact) mass is 409 g/mol. The third-order valence-electron chi connectivity index (χ3n) is 6.67. The lowest BCUT2D eigenvalue weighted by Gasteiger charge is -2.23. The molecule has 0 spiro atoms. The molecular formula is C30H35N. The van der Waals surface area contributed by atoms with Crippen molar-refractivity contribution in [3.8, 4) is 11.3 Å². The van der Waals surface area contributed by atoms with Gasteiger partial charge in [0.15, 0.2) is 0 Å². The number of rotatable bonds is 4. The molecule has 3 aromatic carbocycles. The van der Waals surface area contributed by atoms with Gasteiger partial charge in [-0.3, -0.25) is 0 Å². The van der Waals surface area contributed by atoms with Gasteiger partial charge < -0.3 is 0 Å². The van der Waals surface area contributed by atoms with E-state index in [-0.39, 0.29) is 5.41 Å². The van der Waals surface area contributed by atoms with Crippen molar-refractivity contribution < 1.29 is 0 Å². The van der Waals surface area contributed by atoms with Gasteiger partial charge in [0.2, 0.25) is 0 Å². The number of pyridine rings is 1. The highest BCUT2D eigenvalue weighted by Crippen LogP contribution is 2.38. The lowest BCUT2D eigenvalue weighted by Crippen LogP contribution is -2.12. The topological polar surface area (TPSA) is 12.9 Å². The molecule has 1 heterocycles. The molecule has 4 rings (SSSR count). The zero-order valence-corrected chi connectivity index (χ0v) is 20.1. The summed E-state index contributed by atoms with van der Waals surface area (Å²) in [5, 5.41) is 3.97. The maximum absolute atomic E-state index is 5.21. The van der Waals surface area contributed by atoms with E-state index in [1.807, 2.05) is 0 Å². The molecule has 0 bridgehead atoms. The van der Waals surface area contributed by atoms with Crippen molar-refractivity contribution >= 4 is 21.7 Å². The van der Waals surface area contributed by atoms with Gasteiger partial charge in [-0.2, -0.15) is 0 Å². The first-order chi connectivity index (χ1) is 14.7. The van der Waals surface area contributed by atoms with Gasteiger partial charge in [0.25, 0.3) is 0 Å². The fraction of sp³-hybridized carbons (Fsp3) is 0.367. The number of aromatic nitrogens is 1. The van der Waals surface area contributed by atoms with Crippen LogP contribution >= 0.6 is 0 Å². The van der Waals surface area contributed by atoms with Gasteiger partial charge in [0.1, 0.15) is 0 Å². The number of aryl methyl sites for hydroxylation is 2. The summed E-state index contributed by atoms with van der Waals surface area (Å²) in [5.74, 6) is 0.549. The minimum absolute atomic E-state index is 0.0673. The maximum Gasteiger partial charge on any atom is 0.0717 e. The van der Waals surface area contributed by atoms with Crippen LogP contribution in [0.3, 0.4) is 0 Å². The number of nitrogens with zero attached hydrogens (tertiary/aromatic N) is 1. The van der Waals surface area contributed by atoms with Gasteiger partial charge >= 0.3 is 0 Å². The summed E-state index contributed by atoms with van der Waals surface area (Å²) < 4.78 is 0. The van der Waals surface area contributed by atoms with E-state index < -0.39 is 0 Å². The summed E-state index contributed by atoms with van der Waals surface area (Å²) in [6.07, 6.45) is 2.29. The zero-order valence-electron chi connectivity index (χ0n) is 20.1. The van der Waals surface area contributed by atoms with E-state index in [2.05, 4.69) is 103 Å². The van der Waals surface area contributed by atoms with E-state index in [0.29, 0.717) is 5.92 Å². The zero-order chi connectivity index (χ0) is 22.3. The largest absolute Gasteiger partial charge is 0.248 e. The van der Waals surface area contributed by atoms with E-state index in [9.17, 15) is 0 Å². The predicted molar refractivity (Wildman–Crippen MR) is 136 cm³/mol. The van der Waals surface area contributed by atoms with Gasteiger partial charge in [0.05, 0.1) is 11.2 Å². The molecule has 4 aromatic rings. The number of hydrogen-bond acceptors (Lipinski definition) is 1. The molecule has 0 saturated carbocycles. The molecule has 0 N–H and O–H groups in total. The van der Waals surface area contributed by atoms with Gasteiger partial charge in [0, 0.05) is 10.9 Å². The minimum atomic E-state index is 0.0673. The van der Waals surface area contributed by atoms with Crippen LogP contribution in [0.25, 0.3) is 32.9 Å². The molecule has 0 aliphatic rings. The van der Waals surface area contributed by atoms with Crippen molar-refractivity contribution in [3.63, 3.8) is 0 Å². The first-order valence-electron chi connectivity index (χ1n) is 11.7. The summed E-state index contributed by atoms with van der Waals surface area (Å²) >= 11 is 0. The van der Waals surface area contributed by atoms with Crippen LogP contribution in [0.1, 0.15) is 75.6 Å². The Hall–Kier alpha value is -2.67. The van der Waals surface area contributed by atoms with Gasteiger partial charge in [-0.05, 0) is 95.3 Å². The molecule has 1 nitrogen and oxygen atoms in total. The van der Waals surface area contributed by atoms with Crippen molar-refractivity contribution in [2.75, 3.05) is 0 Å². The third-order valence-corrected chi connectivity index (χ3v) is 6.67. The quantitative estimate of drug-likeness (QED) is 0.328. The highest BCUT2D eigenvalue weighted by Gasteiger charge is 2.20. The van der Waals surface area contributed by atoms with E-state index >= 15 is 0 Å². The lowest BCUT2D eigenvalue weighted by atomic mass is 9.82. The minimum Gasteiger partial charge on any atom is -0.248 e. The third kappa shape index (κ3) is 3.99. The molecular weight excluding hydrogens is 374 g/mol. The first kappa shape index (κ1) is 21.6. The molecule has 160 valence electrons. The summed E-state index contributed by atoms with van der Waals surface area (Å²) in [4.78, 5) is 5.21. The average Bonchev–Trinajstić information content (AvgIpc) is 2.72. The van der Waals surface area contributed by atoms with Crippen molar-refractivity contribution in [3.05, 3.63) is 76.9 Å². The maximum atomic E-state index is 5.21. The molecule has 0 aliphatic heterocycles. The van der Waals surface area contributed by atoms with E-state index in [1.165, 1.54) is 44.0 Å². The molecule has 0 atom stereocenters. The van der Waals surface area contributed by atoms with Crippen LogP contribution in [0.5, 0.6) is 0 Å². The van der Waals surface area contributed by atoms with Gasteiger partial charge in [-0.15, -0.1) is 0 Å². The Kier molecular flexibility index (Phi) is 5.64. The van der Waals surface area contributed by atoms with Crippen molar-refractivity contribution in [1.29, 1.82) is 0 Å². The van der Waals surface area contributed by atoms with Crippen LogP contribution in [-0.4, -0.2) is 4.98 Å². The van der Waals surface area contributed by atoms with Gasteiger partial charge in [-0.1, -0.05) is 65.0 Å². The van der Waals surface area contributed by atoms with Crippen LogP contribution in [0.2, 0.25) is 0 Å². The Morgan fingerprint density at radius 1 is 0.871 bits per heavy atom. The summed E-state index contributed by atoms with van der Waals surface area (Å²) in [6.45, 7) is 15.9. The smallest absolute Gasteiger partial charge is 0.0717 e. The normalized spacial score (nSPS) is 12.3. The van der Waals surface area contributed by atoms with Crippen LogP contribution in [0.15, 0.2) is 54.6 Å². The van der Waals surface area contributed by atoms with Crippen molar-refractivity contribution in [2.45, 2.75) is 72.6 Å².